The van der Waals surface area contributed by atoms with E-state index in [1.807, 2.05) is 36.4 Å². The van der Waals surface area contributed by atoms with Crippen molar-refractivity contribution in [2.24, 2.45) is 5.92 Å². The van der Waals surface area contributed by atoms with Gasteiger partial charge in [-0.25, -0.2) is 0 Å². The number of nitrogens with zero attached hydrogens (tertiary/aromatic N) is 4. The SMILES string of the molecule is CC(C)[C@@H](NS(=O)(=O)N1CCN(c2ccc(C#Cc3ccnc(C(=O)NCc4ccncc4)c3)cc2)CC1)C(=O)O. The number of pyridine rings is 2. The summed E-state index contributed by atoms with van der Waals surface area (Å²) in [5, 5.41) is 12.2. The molecule has 0 unspecified atom stereocenters. The van der Waals surface area contributed by atoms with Gasteiger partial charge in [-0.1, -0.05) is 25.7 Å². The van der Waals surface area contributed by atoms with Crippen molar-refractivity contribution in [3.63, 3.8) is 0 Å². The summed E-state index contributed by atoms with van der Waals surface area (Å²) < 4.78 is 29.0. The third-order valence-electron chi connectivity index (χ3n) is 6.57. The van der Waals surface area contributed by atoms with E-state index in [0.717, 1.165) is 16.8 Å². The largest absolute Gasteiger partial charge is 0.480 e. The third kappa shape index (κ3) is 8.11. The van der Waals surface area contributed by atoms with Crippen LogP contribution in [0.15, 0.2) is 67.1 Å². The van der Waals surface area contributed by atoms with Crippen molar-refractivity contribution in [3.8, 4) is 11.8 Å². The van der Waals surface area contributed by atoms with Crippen molar-refractivity contribution in [1.82, 2.24) is 24.3 Å². The minimum absolute atomic E-state index is 0.238. The number of carbonyl (C=O) groups excluding carboxylic acids is 1. The van der Waals surface area contributed by atoms with Gasteiger partial charge in [0.2, 0.25) is 0 Å². The van der Waals surface area contributed by atoms with Crippen LogP contribution in [0, 0.1) is 17.8 Å². The molecule has 1 aliphatic heterocycles. The Balaban J connectivity index is 1.32. The molecule has 1 amide bonds. The summed E-state index contributed by atoms with van der Waals surface area (Å²) in [7, 11) is -3.92. The second kappa shape index (κ2) is 13.4. The molecule has 4 rings (SSSR count). The Morgan fingerprint density at radius 3 is 2.24 bits per heavy atom. The molecule has 214 valence electrons. The highest BCUT2D eigenvalue weighted by Crippen LogP contribution is 2.19. The molecule has 0 spiro atoms. The number of benzene rings is 1. The highest BCUT2D eigenvalue weighted by Gasteiger charge is 2.32. The number of anilines is 1. The topological polar surface area (TPSA) is 145 Å². The summed E-state index contributed by atoms with van der Waals surface area (Å²) in [4.78, 5) is 34.1. The number of nitrogens with one attached hydrogen (secondary N) is 2. The number of aliphatic carboxylic acids is 1. The normalized spacial score (nSPS) is 14.7. The molecule has 0 radical (unpaired) electrons. The molecule has 3 N–H and O–H groups in total. The maximum atomic E-state index is 12.7. The highest BCUT2D eigenvalue weighted by molar-refractivity contribution is 7.87. The summed E-state index contributed by atoms with van der Waals surface area (Å²) in [6.45, 7) is 5.10. The van der Waals surface area contributed by atoms with Crippen molar-refractivity contribution < 1.29 is 23.1 Å². The number of carboxylic acids is 1. The zero-order valence-electron chi connectivity index (χ0n) is 22.8. The fourth-order valence-corrected chi connectivity index (χ4v) is 5.69. The first-order valence-electron chi connectivity index (χ1n) is 13.1. The average molecular weight is 577 g/mol. The van der Waals surface area contributed by atoms with Crippen molar-refractivity contribution in [1.29, 1.82) is 0 Å². The molecule has 41 heavy (non-hydrogen) atoms. The van der Waals surface area contributed by atoms with Crippen LogP contribution in [0.2, 0.25) is 0 Å². The molecule has 11 nitrogen and oxygen atoms in total. The summed E-state index contributed by atoms with van der Waals surface area (Å²) in [6.07, 6.45) is 4.89. The summed E-state index contributed by atoms with van der Waals surface area (Å²) in [5.74, 6) is 4.30. The molecule has 0 saturated carbocycles. The van der Waals surface area contributed by atoms with E-state index in [1.165, 1.54) is 4.31 Å². The Kier molecular flexibility index (Phi) is 9.67. The van der Waals surface area contributed by atoms with E-state index in [0.29, 0.717) is 25.2 Å². The molecule has 0 aliphatic carbocycles. The molecular formula is C29H32N6O5S. The number of hydrogen-bond donors (Lipinski definition) is 3. The summed E-state index contributed by atoms with van der Waals surface area (Å²) in [5.41, 5.74) is 3.59. The van der Waals surface area contributed by atoms with Gasteiger partial charge in [-0.05, 0) is 60.0 Å². The Morgan fingerprint density at radius 1 is 0.951 bits per heavy atom. The zero-order valence-corrected chi connectivity index (χ0v) is 23.6. The number of rotatable bonds is 9. The average Bonchev–Trinajstić information content (AvgIpc) is 2.98. The first-order valence-corrected chi connectivity index (χ1v) is 14.6. The third-order valence-corrected chi connectivity index (χ3v) is 8.16. The maximum absolute atomic E-state index is 12.7. The van der Waals surface area contributed by atoms with Crippen molar-refractivity contribution in [2.75, 3.05) is 31.1 Å². The lowest BCUT2D eigenvalue weighted by molar-refractivity contribution is -0.140. The van der Waals surface area contributed by atoms with Crippen molar-refractivity contribution in [3.05, 3.63) is 89.5 Å². The molecule has 1 saturated heterocycles. The Morgan fingerprint density at radius 2 is 1.61 bits per heavy atom. The monoisotopic (exact) mass is 576 g/mol. The molecule has 1 aliphatic rings. The van der Waals surface area contributed by atoms with Gasteiger partial charge in [0.25, 0.3) is 16.1 Å². The van der Waals surface area contributed by atoms with Gasteiger partial charge in [-0.2, -0.15) is 17.4 Å². The molecule has 0 bridgehead atoms. The number of amides is 1. The molecule has 2 aromatic heterocycles. The van der Waals surface area contributed by atoms with Gasteiger partial charge in [0, 0.05) is 68.1 Å². The maximum Gasteiger partial charge on any atom is 0.322 e. The van der Waals surface area contributed by atoms with Crippen LogP contribution in [-0.2, 0) is 21.5 Å². The second-order valence-corrected chi connectivity index (χ2v) is 11.5. The van der Waals surface area contributed by atoms with Crippen LogP contribution < -0.4 is 14.9 Å². The second-order valence-electron chi connectivity index (χ2n) is 9.83. The number of carboxylic acid groups (broad SMARTS) is 1. The number of hydrogen-bond acceptors (Lipinski definition) is 7. The predicted octanol–water partition coefficient (Wildman–Crippen LogP) is 1.87. The van der Waals surface area contributed by atoms with Crippen molar-refractivity contribution >= 4 is 27.8 Å². The van der Waals surface area contributed by atoms with Gasteiger partial charge in [0.15, 0.2) is 0 Å². The summed E-state index contributed by atoms with van der Waals surface area (Å²) >= 11 is 0. The quantitative estimate of drug-likeness (QED) is 0.328. The molecule has 3 aromatic rings. The van der Waals surface area contributed by atoms with E-state index in [1.54, 1.807) is 44.6 Å². The van der Waals surface area contributed by atoms with Gasteiger partial charge in [0.05, 0.1) is 0 Å². The lowest BCUT2D eigenvalue weighted by atomic mass is 10.1. The number of carbonyl (C=O) groups is 2. The van der Waals surface area contributed by atoms with Crippen LogP contribution in [0.25, 0.3) is 0 Å². The summed E-state index contributed by atoms with van der Waals surface area (Å²) in [6, 6.07) is 13.5. The molecule has 3 heterocycles. The van der Waals surface area contributed by atoms with E-state index >= 15 is 0 Å². The van der Waals surface area contributed by atoms with E-state index < -0.39 is 22.2 Å². The standard InChI is InChI=1S/C29H32N6O5S/c1-21(2)27(29(37)38)33-41(39,40)35-17-15-34(16-18-35)25-7-5-22(6-8-25)3-4-23-11-14-31-26(19-23)28(36)32-20-24-9-12-30-13-10-24/h5-14,19,21,27,33H,15-18,20H2,1-2H3,(H,32,36)(H,37,38)/t27-/m1/s1. The Bertz CT molecular complexity index is 1530. The first-order chi connectivity index (χ1) is 19.6. The highest BCUT2D eigenvalue weighted by atomic mass is 32.2. The molecule has 1 atom stereocenters. The van der Waals surface area contributed by atoms with Crippen LogP contribution >= 0.6 is 0 Å². The molecule has 1 aromatic carbocycles. The minimum atomic E-state index is -3.92. The lowest BCUT2D eigenvalue weighted by Gasteiger charge is -2.36. The zero-order chi connectivity index (χ0) is 29.4. The van der Waals surface area contributed by atoms with Crippen LogP contribution in [0.1, 0.15) is 41.0 Å². The van der Waals surface area contributed by atoms with Crippen LogP contribution in [-0.4, -0.2) is 71.9 Å². The van der Waals surface area contributed by atoms with E-state index in [2.05, 4.69) is 36.7 Å². The Labute approximate surface area is 239 Å². The fourth-order valence-electron chi connectivity index (χ4n) is 4.20. The van der Waals surface area contributed by atoms with E-state index in [9.17, 15) is 23.1 Å². The van der Waals surface area contributed by atoms with Crippen molar-refractivity contribution in [2.45, 2.75) is 26.4 Å². The Hall–Kier alpha value is -4.31. The van der Waals surface area contributed by atoms with Gasteiger partial charge in [-0.15, -0.1) is 0 Å². The first kappa shape index (κ1) is 29.7. The fraction of sp³-hybridized carbons (Fsp3) is 0.310. The van der Waals surface area contributed by atoms with Crippen LogP contribution in [0.3, 0.4) is 0 Å². The van der Waals surface area contributed by atoms with Gasteiger partial charge >= 0.3 is 5.97 Å². The molecular weight excluding hydrogens is 544 g/mol. The van der Waals surface area contributed by atoms with E-state index in [-0.39, 0.29) is 30.6 Å². The number of piperazine rings is 1. The van der Waals surface area contributed by atoms with Crippen LogP contribution in [0.4, 0.5) is 5.69 Å². The smallest absolute Gasteiger partial charge is 0.322 e. The van der Waals surface area contributed by atoms with Gasteiger partial charge in [-0.3, -0.25) is 19.6 Å². The number of aromatic nitrogens is 2. The lowest BCUT2D eigenvalue weighted by Crippen LogP contribution is -2.55. The molecule has 12 heteroatoms. The van der Waals surface area contributed by atoms with E-state index in [4.69, 9.17) is 0 Å². The van der Waals surface area contributed by atoms with Gasteiger partial charge in [0.1, 0.15) is 11.7 Å². The predicted molar refractivity (Wildman–Crippen MR) is 154 cm³/mol. The molecule has 1 fully saturated rings. The van der Waals surface area contributed by atoms with Crippen LogP contribution in [0.5, 0.6) is 0 Å². The van der Waals surface area contributed by atoms with Gasteiger partial charge < -0.3 is 15.3 Å². The minimum Gasteiger partial charge on any atom is -0.480 e.